The van der Waals surface area contributed by atoms with Gasteiger partial charge in [-0.05, 0) is 43.5 Å². The van der Waals surface area contributed by atoms with Gasteiger partial charge in [0.25, 0.3) is 0 Å². The van der Waals surface area contributed by atoms with E-state index in [0.717, 1.165) is 17.9 Å². The van der Waals surface area contributed by atoms with E-state index in [0.29, 0.717) is 6.42 Å². The van der Waals surface area contributed by atoms with Gasteiger partial charge < -0.3 is 9.67 Å². The summed E-state index contributed by atoms with van der Waals surface area (Å²) in [7, 11) is 0. The first-order valence-electron chi connectivity index (χ1n) is 8.74. The third-order valence-electron chi connectivity index (χ3n) is 4.51. The molecule has 1 aromatic carbocycles. The van der Waals surface area contributed by atoms with Gasteiger partial charge in [-0.15, -0.1) is 0 Å². The van der Waals surface area contributed by atoms with Crippen LogP contribution in [0.1, 0.15) is 62.4 Å². The van der Waals surface area contributed by atoms with Crippen molar-refractivity contribution in [1.29, 1.82) is 0 Å². The molecule has 122 valence electrons. The number of aliphatic hydroxyl groups excluding tert-OH is 1. The summed E-state index contributed by atoms with van der Waals surface area (Å²) in [6, 6.07) is 4.42. The lowest BCUT2D eigenvalue weighted by molar-refractivity contribution is 0.294. The second-order valence-corrected chi connectivity index (χ2v) is 6.35. The van der Waals surface area contributed by atoms with E-state index < -0.39 is 0 Å². The van der Waals surface area contributed by atoms with Crippen molar-refractivity contribution in [1.82, 2.24) is 9.55 Å². The molecule has 0 aliphatic carbocycles. The molecular weight excluding hydrogens is 272 g/mol. The minimum atomic E-state index is 0.164. The number of aromatic nitrogens is 2. The van der Waals surface area contributed by atoms with Crippen LogP contribution in [0.25, 0.3) is 11.0 Å². The van der Waals surface area contributed by atoms with Crippen LogP contribution in [0.15, 0.2) is 12.1 Å². The van der Waals surface area contributed by atoms with Crippen LogP contribution in [0.3, 0.4) is 0 Å². The maximum Gasteiger partial charge on any atom is 0.112 e. The summed E-state index contributed by atoms with van der Waals surface area (Å²) >= 11 is 0. The molecule has 0 saturated carbocycles. The van der Waals surface area contributed by atoms with Crippen molar-refractivity contribution in [2.75, 3.05) is 6.61 Å². The fourth-order valence-corrected chi connectivity index (χ4v) is 3.02. The lowest BCUT2D eigenvalue weighted by atomic mass is 10.1. The highest BCUT2D eigenvalue weighted by Crippen LogP contribution is 2.22. The van der Waals surface area contributed by atoms with Gasteiger partial charge in [0.2, 0.25) is 0 Å². The molecule has 0 atom stereocenters. The number of aliphatic hydroxyl groups is 1. The maximum atomic E-state index is 9.29. The normalized spacial score (nSPS) is 11.5. The van der Waals surface area contributed by atoms with Gasteiger partial charge in [-0.2, -0.15) is 0 Å². The molecule has 0 amide bonds. The first-order chi connectivity index (χ1) is 10.7. The van der Waals surface area contributed by atoms with Gasteiger partial charge in [0.1, 0.15) is 5.82 Å². The Balaban J connectivity index is 2.11. The molecule has 3 nitrogen and oxygen atoms in total. The summed E-state index contributed by atoms with van der Waals surface area (Å²) in [4.78, 5) is 4.74. The van der Waals surface area contributed by atoms with Crippen LogP contribution >= 0.6 is 0 Å². The van der Waals surface area contributed by atoms with Crippen LogP contribution in [0, 0.1) is 13.8 Å². The number of imidazole rings is 1. The van der Waals surface area contributed by atoms with Crippen LogP contribution in [0.2, 0.25) is 0 Å². The van der Waals surface area contributed by atoms with Crippen molar-refractivity contribution in [2.45, 2.75) is 72.3 Å². The van der Waals surface area contributed by atoms with Gasteiger partial charge in [-0.1, -0.05) is 39.0 Å². The molecule has 0 bridgehead atoms. The van der Waals surface area contributed by atoms with E-state index in [9.17, 15) is 5.11 Å². The monoisotopic (exact) mass is 302 g/mol. The van der Waals surface area contributed by atoms with Crippen LogP contribution in [0.5, 0.6) is 0 Å². The molecule has 22 heavy (non-hydrogen) atoms. The molecule has 0 aliphatic rings. The van der Waals surface area contributed by atoms with Crippen LogP contribution in [0.4, 0.5) is 0 Å². The fourth-order valence-electron chi connectivity index (χ4n) is 3.02. The minimum Gasteiger partial charge on any atom is -0.396 e. The highest BCUT2D eigenvalue weighted by atomic mass is 16.3. The molecule has 3 heteroatoms. The van der Waals surface area contributed by atoms with Gasteiger partial charge in [0.05, 0.1) is 17.6 Å². The zero-order valence-corrected chi connectivity index (χ0v) is 14.4. The van der Waals surface area contributed by atoms with Crippen LogP contribution in [-0.4, -0.2) is 21.3 Å². The SMILES string of the molecule is CCCCCCCCn1c(CCO)nc2cc(C)c(C)cc21. The van der Waals surface area contributed by atoms with E-state index in [1.165, 1.54) is 55.2 Å². The Kier molecular flexibility index (Phi) is 6.44. The highest BCUT2D eigenvalue weighted by Gasteiger charge is 2.11. The van der Waals surface area contributed by atoms with Gasteiger partial charge in [0, 0.05) is 13.0 Å². The molecule has 0 unspecified atom stereocenters. The number of unbranched alkanes of at least 4 members (excludes halogenated alkanes) is 5. The van der Waals surface area contributed by atoms with Gasteiger partial charge in [-0.3, -0.25) is 0 Å². The number of fused-ring (bicyclic) bond motifs is 1. The van der Waals surface area contributed by atoms with Gasteiger partial charge in [0.15, 0.2) is 0 Å². The Morgan fingerprint density at radius 1 is 1.00 bits per heavy atom. The quantitative estimate of drug-likeness (QED) is 0.690. The molecule has 0 radical (unpaired) electrons. The Labute approximate surface area is 134 Å². The molecule has 1 heterocycles. The van der Waals surface area contributed by atoms with Gasteiger partial charge in [-0.25, -0.2) is 4.98 Å². The maximum absolute atomic E-state index is 9.29. The predicted molar refractivity (Wildman–Crippen MR) is 93.4 cm³/mol. The van der Waals surface area contributed by atoms with Crippen molar-refractivity contribution in [3.05, 3.63) is 29.1 Å². The molecule has 0 saturated heterocycles. The average Bonchev–Trinajstić information content (AvgIpc) is 2.81. The van der Waals surface area contributed by atoms with E-state index in [2.05, 4.69) is 37.5 Å². The Morgan fingerprint density at radius 3 is 2.41 bits per heavy atom. The summed E-state index contributed by atoms with van der Waals surface area (Å²) in [5.41, 5.74) is 4.89. The lowest BCUT2D eigenvalue weighted by Crippen LogP contribution is -2.06. The van der Waals surface area contributed by atoms with Crippen LogP contribution < -0.4 is 0 Å². The van der Waals surface area contributed by atoms with E-state index >= 15 is 0 Å². The van der Waals surface area contributed by atoms with E-state index in [-0.39, 0.29) is 6.61 Å². The third kappa shape index (κ3) is 4.10. The lowest BCUT2D eigenvalue weighted by Gasteiger charge is -2.09. The highest BCUT2D eigenvalue weighted by molar-refractivity contribution is 5.78. The first kappa shape index (κ1) is 17.0. The summed E-state index contributed by atoms with van der Waals surface area (Å²) < 4.78 is 2.32. The number of aryl methyl sites for hydroxylation is 3. The number of nitrogens with zero attached hydrogens (tertiary/aromatic N) is 2. The largest absolute Gasteiger partial charge is 0.396 e. The van der Waals surface area contributed by atoms with Crippen molar-refractivity contribution in [3.63, 3.8) is 0 Å². The molecule has 0 fully saturated rings. The number of benzene rings is 1. The van der Waals surface area contributed by atoms with Crippen molar-refractivity contribution < 1.29 is 5.11 Å². The molecule has 2 rings (SSSR count). The van der Waals surface area contributed by atoms with E-state index in [1.807, 2.05) is 0 Å². The third-order valence-corrected chi connectivity index (χ3v) is 4.51. The molecule has 0 spiro atoms. The zero-order chi connectivity index (χ0) is 15.9. The number of hydrogen-bond donors (Lipinski definition) is 1. The van der Waals surface area contributed by atoms with E-state index in [1.54, 1.807) is 0 Å². The van der Waals surface area contributed by atoms with Gasteiger partial charge >= 0.3 is 0 Å². The Morgan fingerprint density at radius 2 is 1.68 bits per heavy atom. The summed E-state index contributed by atoms with van der Waals surface area (Å²) in [6.45, 7) is 7.72. The van der Waals surface area contributed by atoms with E-state index in [4.69, 9.17) is 4.98 Å². The second-order valence-electron chi connectivity index (χ2n) is 6.35. The smallest absolute Gasteiger partial charge is 0.112 e. The Hall–Kier alpha value is -1.35. The topological polar surface area (TPSA) is 38.0 Å². The van der Waals surface area contributed by atoms with Crippen LogP contribution in [-0.2, 0) is 13.0 Å². The molecule has 2 aromatic rings. The predicted octanol–water partition coefficient (Wildman–Crippen LogP) is 4.55. The number of hydrogen-bond acceptors (Lipinski definition) is 2. The second kappa shape index (κ2) is 8.33. The minimum absolute atomic E-state index is 0.164. The molecule has 1 aromatic heterocycles. The zero-order valence-electron chi connectivity index (χ0n) is 14.4. The molecule has 1 N–H and O–H groups in total. The summed E-state index contributed by atoms with van der Waals surface area (Å²) in [5.74, 6) is 1.02. The molecule has 0 aliphatic heterocycles. The fraction of sp³-hybridized carbons (Fsp3) is 0.632. The summed E-state index contributed by atoms with van der Waals surface area (Å²) in [6.07, 6.45) is 8.44. The summed E-state index contributed by atoms with van der Waals surface area (Å²) in [5, 5.41) is 9.29. The molecular formula is C19H30N2O. The van der Waals surface area contributed by atoms with Crippen molar-refractivity contribution in [2.24, 2.45) is 0 Å². The average molecular weight is 302 g/mol. The van der Waals surface area contributed by atoms with Crippen molar-refractivity contribution in [3.8, 4) is 0 Å². The standard InChI is InChI=1S/C19H30N2O/c1-4-5-6-7-8-9-11-21-18-14-16(3)15(2)13-17(18)20-19(21)10-12-22/h13-14,22H,4-12H2,1-3H3. The number of rotatable bonds is 9. The first-order valence-corrected chi connectivity index (χ1v) is 8.74. The van der Waals surface area contributed by atoms with Crippen molar-refractivity contribution >= 4 is 11.0 Å². The Bertz CT molecular complexity index is 601.